The fraction of sp³-hybridized carbons (Fsp3) is 0.538. The molecule has 3 N–H and O–H groups in total. The van der Waals surface area contributed by atoms with Crippen molar-refractivity contribution in [2.24, 2.45) is 18.0 Å². The number of nitrogens with two attached hydrogens (primary N) is 1. The second-order valence-electron chi connectivity index (χ2n) is 5.39. The van der Waals surface area contributed by atoms with Crippen LogP contribution in [-0.2, 0) is 13.6 Å². The zero-order valence-corrected chi connectivity index (χ0v) is 12.4. The smallest absolute Gasteiger partial charge is 0.329 e. The Hall–Kier alpha value is -2.58. The van der Waals surface area contributed by atoms with Gasteiger partial charge in [0, 0.05) is 26.4 Å². The van der Waals surface area contributed by atoms with Crippen molar-refractivity contribution >= 4 is 23.3 Å². The number of rotatable bonds is 3. The molecule has 1 saturated heterocycles. The molecule has 0 atom stereocenters. The summed E-state index contributed by atoms with van der Waals surface area (Å²) in [6, 6.07) is 0. The molecule has 22 heavy (non-hydrogen) atoms. The van der Waals surface area contributed by atoms with Gasteiger partial charge < -0.3 is 10.7 Å². The number of H-pyrrole nitrogens is 1. The fourth-order valence-corrected chi connectivity index (χ4v) is 2.86. The lowest BCUT2D eigenvalue weighted by Gasteiger charge is -2.27. The topological polar surface area (TPSA) is 114 Å². The Labute approximate surface area is 126 Å². The van der Waals surface area contributed by atoms with E-state index in [-0.39, 0.29) is 0 Å². The number of fused-ring (bicyclic) bond motifs is 1. The van der Waals surface area contributed by atoms with Crippen LogP contribution in [0.2, 0.25) is 0 Å². The third kappa shape index (κ3) is 2.28. The largest absolute Gasteiger partial charge is 0.342 e. The molecule has 0 aromatic carbocycles. The van der Waals surface area contributed by atoms with Crippen LogP contribution in [0.1, 0.15) is 19.3 Å². The first-order chi connectivity index (χ1) is 10.6. The monoisotopic (exact) mass is 305 g/mol. The number of piperidine rings is 1. The van der Waals surface area contributed by atoms with E-state index in [0.29, 0.717) is 23.7 Å². The molecule has 1 aliphatic rings. The van der Waals surface area contributed by atoms with Gasteiger partial charge >= 0.3 is 5.69 Å². The van der Waals surface area contributed by atoms with E-state index in [9.17, 15) is 9.59 Å². The van der Waals surface area contributed by atoms with Crippen molar-refractivity contribution in [3.8, 4) is 0 Å². The summed E-state index contributed by atoms with van der Waals surface area (Å²) < 4.78 is 3.11. The number of hydrogen-bond acceptors (Lipinski definition) is 6. The number of aromatic amines is 1. The van der Waals surface area contributed by atoms with Crippen LogP contribution in [0.3, 0.4) is 0 Å². The van der Waals surface area contributed by atoms with Crippen molar-refractivity contribution < 1.29 is 0 Å². The maximum absolute atomic E-state index is 12.2. The minimum Gasteiger partial charge on any atom is -0.342 e. The molecule has 3 rings (SSSR count). The van der Waals surface area contributed by atoms with E-state index in [1.165, 1.54) is 17.2 Å². The standard InChI is InChI=1S/C13H19N7O2/c1-18-10-9(11(21)17-13(18)22)20(8-5-15-14)12(16-10)19-6-3-2-4-7-19/h5H,2-4,6-8,14H2,1H3,(H,17,21,22)/b15-5+. The molecule has 1 aliphatic heterocycles. The van der Waals surface area contributed by atoms with Crippen LogP contribution >= 0.6 is 0 Å². The van der Waals surface area contributed by atoms with Crippen molar-refractivity contribution in [3.05, 3.63) is 20.8 Å². The predicted molar refractivity (Wildman–Crippen MR) is 84.3 cm³/mol. The summed E-state index contributed by atoms with van der Waals surface area (Å²) in [7, 11) is 1.59. The van der Waals surface area contributed by atoms with Crippen molar-refractivity contribution in [2.75, 3.05) is 18.0 Å². The highest BCUT2D eigenvalue weighted by atomic mass is 16.2. The number of imidazole rings is 1. The summed E-state index contributed by atoms with van der Waals surface area (Å²) in [6.45, 7) is 2.10. The van der Waals surface area contributed by atoms with Crippen molar-refractivity contribution in [2.45, 2.75) is 25.8 Å². The van der Waals surface area contributed by atoms with Gasteiger partial charge in [-0.3, -0.25) is 18.9 Å². The highest BCUT2D eigenvalue weighted by Gasteiger charge is 2.22. The predicted octanol–water partition coefficient (Wildman–Crippen LogP) is -0.642. The molecule has 9 heteroatoms. The first-order valence-electron chi connectivity index (χ1n) is 7.29. The van der Waals surface area contributed by atoms with Gasteiger partial charge in [-0.15, -0.1) is 0 Å². The summed E-state index contributed by atoms with van der Waals surface area (Å²) in [4.78, 5) is 33.0. The second kappa shape index (κ2) is 5.66. The quantitative estimate of drug-likeness (QED) is 0.444. The third-order valence-corrected chi connectivity index (χ3v) is 4.00. The zero-order valence-electron chi connectivity index (χ0n) is 12.4. The van der Waals surface area contributed by atoms with Crippen LogP contribution in [0.5, 0.6) is 0 Å². The van der Waals surface area contributed by atoms with Gasteiger partial charge in [-0.2, -0.15) is 10.1 Å². The average Bonchev–Trinajstić information content (AvgIpc) is 2.91. The summed E-state index contributed by atoms with van der Waals surface area (Å²) in [5, 5.41) is 3.50. The van der Waals surface area contributed by atoms with E-state index in [2.05, 4.69) is 20.0 Å². The zero-order chi connectivity index (χ0) is 15.7. The van der Waals surface area contributed by atoms with Gasteiger partial charge in [-0.05, 0) is 19.3 Å². The molecular formula is C13H19N7O2. The molecule has 0 unspecified atom stereocenters. The molecule has 0 saturated carbocycles. The normalized spacial score (nSPS) is 16.0. The Morgan fingerprint density at radius 2 is 2.05 bits per heavy atom. The highest BCUT2D eigenvalue weighted by Crippen LogP contribution is 2.22. The Balaban J connectivity index is 2.25. The summed E-state index contributed by atoms with van der Waals surface area (Å²) >= 11 is 0. The molecule has 1 fully saturated rings. The van der Waals surface area contributed by atoms with Gasteiger partial charge in [-0.1, -0.05) is 0 Å². The lowest BCUT2D eigenvalue weighted by molar-refractivity contribution is 0.562. The molecule has 0 amide bonds. The van der Waals surface area contributed by atoms with Crippen molar-refractivity contribution in [3.63, 3.8) is 0 Å². The third-order valence-electron chi connectivity index (χ3n) is 4.00. The van der Waals surface area contributed by atoms with Gasteiger partial charge in [0.05, 0.1) is 6.54 Å². The van der Waals surface area contributed by atoms with Gasteiger partial charge in [0.15, 0.2) is 11.2 Å². The number of hydrazone groups is 1. The molecule has 2 aromatic heterocycles. The number of nitrogens with zero attached hydrogens (tertiary/aromatic N) is 5. The Morgan fingerprint density at radius 1 is 1.32 bits per heavy atom. The number of hydrogen-bond donors (Lipinski definition) is 2. The Bertz CT molecular complexity index is 823. The summed E-state index contributed by atoms with van der Waals surface area (Å²) in [5.41, 5.74) is -0.179. The number of nitrogens with one attached hydrogen (secondary N) is 1. The van der Waals surface area contributed by atoms with E-state index < -0.39 is 11.2 Å². The molecule has 0 spiro atoms. The summed E-state index contributed by atoms with van der Waals surface area (Å²) in [5.74, 6) is 5.87. The van der Waals surface area contributed by atoms with E-state index >= 15 is 0 Å². The minimum atomic E-state index is -0.472. The van der Waals surface area contributed by atoms with E-state index in [1.807, 2.05) is 0 Å². The molecule has 0 aliphatic carbocycles. The lowest BCUT2D eigenvalue weighted by atomic mass is 10.1. The highest BCUT2D eigenvalue weighted by molar-refractivity contribution is 5.76. The Kier molecular flexibility index (Phi) is 3.70. The van der Waals surface area contributed by atoms with Crippen LogP contribution in [0.4, 0.5) is 5.95 Å². The van der Waals surface area contributed by atoms with Gasteiger partial charge in [-0.25, -0.2) is 4.79 Å². The number of aryl methyl sites for hydroxylation is 1. The summed E-state index contributed by atoms with van der Waals surface area (Å²) in [6.07, 6.45) is 4.88. The van der Waals surface area contributed by atoms with Gasteiger partial charge in [0.1, 0.15) is 0 Å². The van der Waals surface area contributed by atoms with Crippen LogP contribution in [0, 0.1) is 0 Å². The maximum atomic E-state index is 12.2. The fourth-order valence-electron chi connectivity index (χ4n) is 2.86. The minimum absolute atomic E-state index is 0.333. The first kappa shape index (κ1) is 14.4. The number of aromatic nitrogens is 4. The van der Waals surface area contributed by atoms with Crippen molar-refractivity contribution in [1.29, 1.82) is 0 Å². The van der Waals surface area contributed by atoms with Gasteiger partial charge in [0.25, 0.3) is 5.56 Å². The van der Waals surface area contributed by atoms with Crippen LogP contribution in [-0.4, -0.2) is 38.4 Å². The molecular weight excluding hydrogens is 286 g/mol. The average molecular weight is 305 g/mol. The van der Waals surface area contributed by atoms with E-state index in [4.69, 9.17) is 5.84 Å². The van der Waals surface area contributed by atoms with E-state index in [1.54, 1.807) is 11.6 Å². The molecule has 0 radical (unpaired) electrons. The van der Waals surface area contributed by atoms with E-state index in [0.717, 1.165) is 25.9 Å². The van der Waals surface area contributed by atoms with Crippen molar-refractivity contribution in [1.82, 2.24) is 19.1 Å². The Morgan fingerprint density at radius 3 is 2.73 bits per heavy atom. The molecule has 9 nitrogen and oxygen atoms in total. The molecule has 3 heterocycles. The van der Waals surface area contributed by atoms with Crippen LogP contribution in [0.15, 0.2) is 14.7 Å². The molecule has 2 aromatic rings. The van der Waals surface area contributed by atoms with Crippen LogP contribution in [0.25, 0.3) is 11.2 Å². The first-order valence-corrected chi connectivity index (χ1v) is 7.29. The SMILES string of the molecule is Cn1c(=O)[nH]c(=O)c2c1nc(N1CCCCC1)n2C/C=N/N. The number of anilines is 1. The lowest BCUT2D eigenvalue weighted by Crippen LogP contribution is -2.32. The van der Waals surface area contributed by atoms with Crippen LogP contribution < -0.4 is 22.0 Å². The molecule has 0 bridgehead atoms. The van der Waals surface area contributed by atoms with Gasteiger partial charge in [0.2, 0.25) is 5.95 Å². The molecule has 118 valence electrons. The maximum Gasteiger partial charge on any atom is 0.329 e. The second-order valence-corrected chi connectivity index (χ2v) is 5.39.